The maximum Gasteiger partial charge on any atom is 0.310 e. The van der Waals surface area contributed by atoms with Crippen molar-refractivity contribution in [3.8, 4) is 0 Å². The molecule has 74 valence electrons. The van der Waals surface area contributed by atoms with Gasteiger partial charge < -0.3 is 4.74 Å². The third-order valence-corrected chi connectivity index (χ3v) is 3.11. The minimum Gasteiger partial charge on any atom is -0.458 e. The van der Waals surface area contributed by atoms with Crippen LogP contribution in [0.25, 0.3) is 0 Å². The monoisotopic (exact) mass is 230 g/mol. The summed E-state index contributed by atoms with van der Waals surface area (Å²) in [6, 6.07) is 9.18. The van der Waals surface area contributed by atoms with Gasteiger partial charge in [0.25, 0.3) is 0 Å². The first-order chi connectivity index (χ1) is 6.60. The average molecular weight is 231 g/mol. The molecule has 0 saturated carbocycles. The van der Waals surface area contributed by atoms with Gasteiger partial charge in [0, 0.05) is 0 Å². The molecule has 0 aromatic heterocycles. The van der Waals surface area contributed by atoms with E-state index < -0.39 is 10.4 Å². The number of alkyl halides is 2. The average Bonchev–Trinajstić information content (AvgIpc) is 2.14. The summed E-state index contributed by atoms with van der Waals surface area (Å²) in [4.78, 5) is 10.6. The highest BCUT2D eigenvalue weighted by Crippen LogP contribution is 2.43. The van der Waals surface area contributed by atoms with Crippen molar-refractivity contribution >= 4 is 29.2 Å². The van der Waals surface area contributed by atoms with Crippen molar-refractivity contribution in [2.75, 3.05) is 0 Å². The van der Waals surface area contributed by atoms with Gasteiger partial charge >= 0.3 is 5.97 Å². The first-order valence-electron chi connectivity index (χ1n) is 4.23. The van der Waals surface area contributed by atoms with Crippen LogP contribution in [0.2, 0.25) is 0 Å². The SMILES string of the molecule is O=C1CC(C(Cl)(Cl)c2ccccc2)O1. The summed E-state index contributed by atoms with van der Waals surface area (Å²) in [7, 11) is 0. The maximum absolute atomic E-state index is 10.6. The number of hydrogen-bond donors (Lipinski definition) is 0. The van der Waals surface area contributed by atoms with Crippen molar-refractivity contribution in [3.63, 3.8) is 0 Å². The fraction of sp³-hybridized carbons (Fsp3) is 0.300. The van der Waals surface area contributed by atoms with Gasteiger partial charge in [0.15, 0.2) is 4.33 Å². The number of halogens is 2. The molecule has 4 heteroatoms. The lowest BCUT2D eigenvalue weighted by Crippen LogP contribution is -2.43. The van der Waals surface area contributed by atoms with E-state index in [2.05, 4.69) is 0 Å². The van der Waals surface area contributed by atoms with Crippen LogP contribution in [0.15, 0.2) is 30.3 Å². The molecule has 1 aliphatic rings. The van der Waals surface area contributed by atoms with Crippen LogP contribution < -0.4 is 0 Å². The zero-order valence-electron chi connectivity index (χ0n) is 7.24. The largest absolute Gasteiger partial charge is 0.458 e. The molecule has 1 atom stereocenters. The summed E-state index contributed by atoms with van der Waals surface area (Å²) in [5.41, 5.74) is 0.751. The number of cyclic esters (lactones) is 1. The molecule has 14 heavy (non-hydrogen) atoms. The third kappa shape index (κ3) is 1.60. The minimum atomic E-state index is -1.13. The van der Waals surface area contributed by atoms with Crippen LogP contribution in [0.3, 0.4) is 0 Å². The first-order valence-corrected chi connectivity index (χ1v) is 4.99. The number of carbonyl (C=O) groups is 1. The zero-order chi connectivity index (χ0) is 10.2. The van der Waals surface area contributed by atoms with Gasteiger partial charge in [-0.25, -0.2) is 0 Å². The lowest BCUT2D eigenvalue weighted by molar-refractivity contribution is -0.170. The van der Waals surface area contributed by atoms with Crippen molar-refractivity contribution in [1.29, 1.82) is 0 Å². The van der Waals surface area contributed by atoms with E-state index in [1.165, 1.54) is 0 Å². The van der Waals surface area contributed by atoms with Crippen LogP contribution in [0.5, 0.6) is 0 Å². The zero-order valence-corrected chi connectivity index (χ0v) is 8.76. The van der Waals surface area contributed by atoms with Crippen molar-refractivity contribution in [2.24, 2.45) is 0 Å². The van der Waals surface area contributed by atoms with E-state index in [1.54, 1.807) is 0 Å². The Morgan fingerprint density at radius 1 is 1.29 bits per heavy atom. The number of ether oxygens (including phenoxy) is 1. The normalized spacial score (nSPS) is 21.3. The second-order valence-corrected chi connectivity index (χ2v) is 4.56. The maximum atomic E-state index is 10.6. The van der Waals surface area contributed by atoms with E-state index >= 15 is 0 Å². The Balaban J connectivity index is 2.20. The van der Waals surface area contributed by atoms with Crippen molar-refractivity contribution < 1.29 is 9.53 Å². The Labute approximate surface area is 91.8 Å². The fourth-order valence-corrected chi connectivity index (χ4v) is 1.84. The van der Waals surface area contributed by atoms with Gasteiger partial charge in [-0.3, -0.25) is 4.79 Å². The van der Waals surface area contributed by atoms with Crippen LogP contribution in [0.1, 0.15) is 12.0 Å². The quantitative estimate of drug-likeness (QED) is 0.577. The second-order valence-electron chi connectivity index (χ2n) is 3.17. The Kier molecular flexibility index (Phi) is 2.41. The predicted molar refractivity (Wildman–Crippen MR) is 54.3 cm³/mol. The van der Waals surface area contributed by atoms with Crippen molar-refractivity contribution in [3.05, 3.63) is 35.9 Å². The highest BCUT2D eigenvalue weighted by molar-refractivity contribution is 6.48. The number of benzene rings is 1. The summed E-state index contributed by atoms with van der Waals surface area (Å²) in [6.07, 6.45) is -0.150. The molecule has 1 aliphatic heterocycles. The van der Waals surface area contributed by atoms with Gasteiger partial charge in [-0.1, -0.05) is 53.5 Å². The van der Waals surface area contributed by atoms with Crippen molar-refractivity contribution in [1.82, 2.24) is 0 Å². The van der Waals surface area contributed by atoms with Gasteiger partial charge in [-0.2, -0.15) is 0 Å². The van der Waals surface area contributed by atoms with Crippen LogP contribution in [0.4, 0.5) is 0 Å². The van der Waals surface area contributed by atoms with Gasteiger partial charge in [0.05, 0.1) is 6.42 Å². The molecule has 2 rings (SSSR count). The van der Waals surface area contributed by atoms with E-state index in [9.17, 15) is 4.79 Å². The molecule has 1 fully saturated rings. The summed E-state index contributed by atoms with van der Waals surface area (Å²) in [5.74, 6) is -0.253. The Morgan fingerprint density at radius 3 is 2.36 bits per heavy atom. The Morgan fingerprint density at radius 2 is 1.86 bits per heavy atom. The molecular formula is C10H8Cl2O2. The molecule has 0 spiro atoms. The molecule has 0 aliphatic carbocycles. The van der Waals surface area contributed by atoms with Crippen LogP contribution in [-0.2, 0) is 13.9 Å². The number of rotatable bonds is 2. The molecule has 1 unspecified atom stereocenters. The smallest absolute Gasteiger partial charge is 0.310 e. The van der Waals surface area contributed by atoms with Gasteiger partial charge in [0.1, 0.15) is 6.10 Å². The summed E-state index contributed by atoms with van der Waals surface area (Å²) in [6.45, 7) is 0. The second kappa shape index (κ2) is 3.44. The highest BCUT2D eigenvalue weighted by Gasteiger charge is 2.46. The molecule has 2 nitrogen and oxygen atoms in total. The number of carbonyl (C=O) groups excluding carboxylic acids is 1. The van der Waals surface area contributed by atoms with E-state index in [0.717, 1.165) is 5.56 Å². The number of esters is 1. The standard InChI is InChI=1S/C10H8Cl2O2/c11-10(12,8-6-9(13)14-8)7-4-2-1-3-5-7/h1-5,8H,6H2. The van der Waals surface area contributed by atoms with Crippen LogP contribution in [-0.4, -0.2) is 12.1 Å². The molecule has 1 saturated heterocycles. The summed E-state index contributed by atoms with van der Waals surface area (Å²) >= 11 is 12.2. The van der Waals surface area contributed by atoms with Crippen molar-refractivity contribution in [2.45, 2.75) is 16.9 Å². The molecule has 0 radical (unpaired) electrons. The van der Waals surface area contributed by atoms with E-state index in [1.807, 2.05) is 30.3 Å². The topological polar surface area (TPSA) is 26.3 Å². The number of hydrogen-bond acceptors (Lipinski definition) is 2. The summed E-state index contributed by atoms with van der Waals surface area (Å²) in [5, 5.41) is 0. The molecule has 1 heterocycles. The van der Waals surface area contributed by atoms with Crippen LogP contribution >= 0.6 is 23.2 Å². The molecule has 0 amide bonds. The molecule has 1 aromatic carbocycles. The van der Waals surface area contributed by atoms with E-state index in [4.69, 9.17) is 27.9 Å². The van der Waals surface area contributed by atoms with Gasteiger partial charge in [-0.05, 0) is 5.56 Å². The minimum absolute atomic E-state index is 0.253. The molecule has 1 aromatic rings. The first kappa shape index (κ1) is 9.81. The lowest BCUT2D eigenvalue weighted by Gasteiger charge is -2.35. The summed E-state index contributed by atoms with van der Waals surface area (Å²) < 4.78 is 3.73. The Bertz CT molecular complexity index is 340. The molecule has 0 N–H and O–H groups in total. The molecule has 0 bridgehead atoms. The predicted octanol–water partition coefficient (Wildman–Crippen LogP) is 2.63. The van der Waals surface area contributed by atoms with E-state index in [-0.39, 0.29) is 12.4 Å². The van der Waals surface area contributed by atoms with Crippen LogP contribution in [0, 0.1) is 0 Å². The Hall–Kier alpha value is -0.730. The lowest BCUT2D eigenvalue weighted by atomic mass is 10.0. The van der Waals surface area contributed by atoms with E-state index in [0.29, 0.717) is 0 Å². The highest BCUT2D eigenvalue weighted by atomic mass is 35.5. The third-order valence-electron chi connectivity index (χ3n) is 2.19. The fourth-order valence-electron chi connectivity index (χ4n) is 1.35. The molecular weight excluding hydrogens is 223 g/mol. The van der Waals surface area contributed by atoms with Gasteiger partial charge in [-0.15, -0.1) is 0 Å². The van der Waals surface area contributed by atoms with Gasteiger partial charge in [0.2, 0.25) is 0 Å².